The van der Waals surface area contributed by atoms with Crippen LogP contribution in [0.25, 0.3) is 0 Å². The molecule has 70 valence electrons. The van der Waals surface area contributed by atoms with Crippen molar-refractivity contribution in [1.29, 1.82) is 0 Å². The number of aromatic hydroxyl groups is 1. The van der Waals surface area contributed by atoms with Gasteiger partial charge < -0.3 is 15.6 Å². The Morgan fingerprint density at radius 3 is 3.08 bits per heavy atom. The Bertz CT molecular complexity index is 341. The third-order valence-corrected chi connectivity index (χ3v) is 2.93. The number of ether oxygens (including phenoxy) is 1. The Hall–Kier alpha value is -0.490. The van der Waals surface area contributed by atoms with Gasteiger partial charge in [-0.3, -0.25) is 0 Å². The molecular weight excluding hydrogens is 281 g/mol. The van der Waals surface area contributed by atoms with Gasteiger partial charge >= 0.3 is 0 Å². The molecule has 0 saturated carbocycles. The van der Waals surface area contributed by atoms with E-state index in [0.717, 1.165) is 21.3 Å². The molecule has 0 fully saturated rings. The van der Waals surface area contributed by atoms with Gasteiger partial charge in [0.15, 0.2) is 0 Å². The van der Waals surface area contributed by atoms with Crippen molar-refractivity contribution in [3.8, 4) is 11.5 Å². The summed E-state index contributed by atoms with van der Waals surface area (Å²) in [6.07, 6.45) is 0.812. The fraction of sp³-hybridized carbons (Fsp3) is 0.333. The predicted octanol–water partition coefficient (Wildman–Crippen LogP) is 1.78. The maximum Gasteiger partial charge on any atom is 0.137 e. The summed E-state index contributed by atoms with van der Waals surface area (Å²) in [5, 5.41) is 9.37. The van der Waals surface area contributed by atoms with Crippen molar-refractivity contribution < 1.29 is 9.84 Å². The maximum absolute atomic E-state index is 9.37. The first-order valence-electron chi connectivity index (χ1n) is 4.09. The van der Waals surface area contributed by atoms with Crippen LogP contribution in [0.3, 0.4) is 0 Å². The standard InChI is InChI=1S/C9H10INO2/c10-7-4-5(12)3-6-8(11)1-2-13-9(6)7/h3-4,8,12H,1-2,11H2/t8-/m0/s1. The van der Waals surface area contributed by atoms with Crippen LogP contribution in [0.2, 0.25) is 0 Å². The minimum atomic E-state index is -0.00985. The van der Waals surface area contributed by atoms with E-state index < -0.39 is 0 Å². The van der Waals surface area contributed by atoms with Crippen molar-refractivity contribution in [2.75, 3.05) is 6.61 Å². The molecule has 3 N–H and O–H groups in total. The van der Waals surface area contributed by atoms with E-state index in [4.69, 9.17) is 10.5 Å². The van der Waals surface area contributed by atoms with Crippen LogP contribution < -0.4 is 10.5 Å². The second-order valence-electron chi connectivity index (χ2n) is 3.09. The molecule has 1 aliphatic heterocycles. The monoisotopic (exact) mass is 291 g/mol. The van der Waals surface area contributed by atoms with Gasteiger partial charge in [0.05, 0.1) is 10.2 Å². The van der Waals surface area contributed by atoms with Crippen LogP contribution in [0.15, 0.2) is 12.1 Å². The molecule has 0 aromatic heterocycles. The first-order valence-corrected chi connectivity index (χ1v) is 5.17. The van der Waals surface area contributed by atoms with Crippen LogP contribution in [0.5, 0.6) is 11.5 Å². The number of phenols is 1. The summed E-state index contributed by atoms with van der Waals surface area (Å²) < 4.78 is 6.40. The van der Waals surface area contributed by atoms with Gasteiger partial charge in [0.1, 0.15) is 11.5 Å². The van der Waals surface area contributed by atoms with Crippen LogP contribution in [-0.4, -0.2) is 11.7 Å². The lowest BCUT2D eigenvalue weighted by atomic mass is 10.0. The maximum atomic E-state index is 9.37. The Morgan fingerprint density at radius 2 is 2.31 bits per heavy atom. The molecule has 0 bridgehead atoms. The lowest BCUT2D eigenvalue weighted by molar-refractivity contribution is 0.266. The molecule has 2 rings (SSSR count). The number of rotatable bonds is 0. The minimum Gasteiger partial charge on any atom is -0.508 e. The number of hydrogen-bond acceptors (Lipinski definition) is 3. The molecule has 1 aromatic rings. The third kappa shape index (κ3) is 1.60. The smallest absolute Gasteiger partial charge is 0.137 e. The third-order valence-electron chi connectivity index (χ3n) is 2.13. The van der Waals surface area contributed by atoms with Crippen LogP contribution in [0, 0.1) is 3.57 Å². The van der Waals surface area contributed by atoms with Gasteiger partial charge in [0, 0.05) is 18.0 Å². The largest absolute Gasteiger partial charge is 0.508 e. The number of hydrogen-bond donors (Lipinski definition) is 2. The van der Waals surface area contributed by atoms with Gasteiger partial charge in [-0.2, -0.15) is 0 Å². The topological polar surface area (TPSA) is 55.5 Å². The number of nitrogens with two attached hydrogens (primary N) is 1. The number of fused-ring (bicyclic) bond motifs is 1. The SMILES string of the molecule is N[C@H]1CCOc2c(I)cc(O)cc21. The van der Waals surface area contributed by atoms with E-state index in [9.17, 15) is 5.11 Å². The lowest BCUT2D eigenvalue weighted by Crippen LogP contribution is -2.21. The predicted molar refractivity (Wildman–Crippen MR) is 57.9 cm³/mol. The lowest BCUT2D eigenvalue weighted by Gasteiger charge is -2.23. The molecular formula is C9H10INO2. The average Bonchev–Trinajstić information content (AvgIpc) is 2.07. The highest BCUT2D eigenvalue weighted by atomic mass is 127. The Morgan fingerprint density at radius 1 is 1.54 bits per heavy atom. The molecule has 0 aliphatic carbocycles. The Balaban J connectivity index is 2.56. The summed E-state index contributed by atoms with van der Waals surface area (Å²) in [4.78, 5) is 0. The van der Waals surface area contributed by atoms with E-state index in [-0.39, 0.29) is 11.8 Å². The number of phenolic OH excluding ortho intramolecular Hbond substituents is 1. The van der Waals surface area contributed by atoms with Crippen molar-refractivity contribution in [2.24, 2.45) is 5.73 Å². The van der Waals surface area contributed by atoms with Crippen molar-refractivity contribution in [3.05, 3.63) is 21.3 Å². The normalized spacial score (nSPS) is 20.6. The van der Waals surface area contributed by atoms with Crippen LogP contribution in [-0.2, 0) is 0 Å². The summed E-state index contributed by atoms with van der Waals surface area (Å²) in [6.45, 7) is 0.662. The molecule has 0 amide bonds. The second-order valence-corrected chi connectivity index (χ2v) is 4.25. The van der Waals surface area contributed by atoms with E-state index in [2.05, 4.69) is 22.6 Å². The Kier molecular flexibility index (Phi) is 2.33. The molecule has 13 heavy (non-hydrogen) atoms. The highest BCUT2D eigenvalue weighted by Gasteiger charge is 2.20. The van der Waals surface area contributed by atoms with E-state index in [1.54, 1.807) is 12.1 Å². The van der Waals surface area contributed by atoms with E-state index in [1.165, 1.54) is 0 Å². The zero-order valence-electron chi connectivity index (χ0n) is 6.96. The fourth-order valence-corrected chi connectivity index (χ4v) is 2.26. The quantitative estimate of drug-likeness (QED) is 0.716. The second kappa shape index (κ2) is 3.34. The summed E-state index contributed by atoms with van der Waals surface area (Å²) in [6, 6.07) is 3.35. The van der Waals surface area contributed by atoms with Crippen molar-refractivity contribution in [3.63, 3.8) is 0 Å². The van der Waals surface area contributed by atoms with Gasteiger partial charge in [-0.1, -0.05) is 0 Å². The molecule has 0 unspecified atom stereocenters. The van der Waals surface area contributed by atoms with Gasteiger partial charge in [-0.25, -0.2) is 0 Å². The van der Waals surface area contributed by atoms with Crippen LogP contribution >= 0.6 is 22.6 Å². The molecule has 1 aromatic carbocycles. The molecule has 0 saturated heterocycles. The van der Waals surface area contributed by atoms with E-state index in [0.29, 0.717) is 6.61 Å². The highest BCUT2D eigenvalue weighted by Crippen LogP contribution is 2.37. The molecule has 0 spiro atoms. The summed E-state index contributed by atoms with van der Waals surface area (Å²) in [5.41, 5.74) is 6.80. The fourth-order valence-electron chi connectivity index (χ4n) is 1.47. The van der Waals surface area contributed by atoms with Crippen molar-refractivity contribution in [2.45, 2.75) is 12.5 Å². The van der Waals surface area contributed by atoms with E-state index in [1.807, 2.05) is 0 Å². The van der Waals surface area contributed by atoms with Gasteiger partial charge in [0.2, 0.25) is 0 Å². The zero-order valence-corrected chi connectivity index (χ0v) is 9.11. The number of benzene rings is 1. The van der Waals surface area contributed by atoms with Crippen LogP contribution in [0.4, 0.5) is 0 Å². The van der Waals surface area contributed by atoms with Crippen molar-refractivity contribution >= 4 is 22.6 Å². The van der Waals surface area contributed by atoms with E-state index >= 15 is 0 Å². The molecule has 3 nitrogen and oxygen atoms in total. The molecule has 0 radical (unpaired) electrons. The van der Waals surface area contributed by atoms with Gasteiger partial charge in [-0.05, 0) is 34.7 Å². The number of halogens is 1. The molecule has 1 atom stereocenters. The molecule has 1 heterocycles. The molecule has 1 aliphatic rings. The highest BCUT2D eigenvalue weighted by molar-refractivity contribution is 14.1. The molecule has 4 heteroatoms. The first-order chi connectivity index (χ1) is 6.18. The summed E-state index contributed by atoms with van der Waals surface area (Å²) in [5.74, 6) is 1.08. The zero-order chi connectivity index (χ0) is 9.42. The van der Waals surface area contributed by atoms with Gasteiger partial charge in [0.25, 0.3) is 0 Å². The van der Waals surface area contributed by atoms with Crippen LogP contribution in [0.1, 0.15) is 18.0 Å². The Labute approximate surface area is 90.0 Å². The van der Waals surface area contributed by atoms with Gasteiger partial charge in [-0.15, -0.1) is 0 Å². The first kappa shape index (κ1) is 9.08. The van der Waals surface area contributed by atoms with Crippen molar-refractivity contribution in [1.82, 2.24) is 0 Å². The summed E-state index contributed by atoms with van der Waals surface area (Å²) in [7, 11) is 0. The minimum absolute atomic E-state index is 0.00985. The summed E-state index contributed by atoms with van der Waals surface area (Å²) >= 11 is 2.14. The average molecular weight is 291 g/mol.